The Hall–Kier alpha value is -4.65. The molecule has 2 heterocycles. The van der Waals surface area contributed by atoms with Crippen molar-refractivity contribution in [2.75, 3.05) is 33.2 Å². The topological polar surface area (TPSA) is 135 Å². The van der Waals surface area contributed by atoms with Gasteiger partial charge in [-0.1, -0.05) is 108 Å². The third kappa shape index (κ3) is 17.0. The zero-order valence-electron chi connectivity index (χ0n) is 42.2. The van der Waals surface area contributed by atoms with Gasteiger partial charge < -0.3 is 29.9 Å². The Kier molecular flexibility index (Phi) is 22.4. The van der Waals surface area contributed by atoms with Gasteiger partial charge in [0.05, 0.1) is 26.2 Å². The first-order valence-electron chi connectivity index (χ1n) is 25.9. The quantitative estimate of drug-likeness (QED) is 0.0335. The number of unbranched alkanes of at least 4 members (excludes halogenated alkanes) is 6. The zero-order chi connectivity index (χ0) is 50.6. The number of hydrogen-bond donors (Lipinski definition) is 3. The summed E-state index contributed by atoms with van der Waals surface area (Å²) in [6, 6.07) is 12.5. The van der Waals surface area contributed by atoms with Gasteiger partial charge in [-0.2, -0.15) is 5.10 Å². The van der Waals surface area contributed by atoms with E-state index in [0.29, 0.717) is 88.8 Å². The number of ether oxygens (including phenoxy) is 1. The number of halogens is 3. The largest absolute Gasteiger partial charge is 0.489 e. The molecule has 0 aliphatic heterocycles. The fourth-order valence-electron chi connectivity index (χ4n) is 8.92. The summed E-state index contributed by atoms with van der Waals surface area (Å²) in [7, 11) is 1.97. The van der Waals surface area contributed by atoms with Gasteiger partial charge in [-0.05, 0) is 148 Å². The molecule has 2 aliphatic carbocycles. The fraction of sp³-hybridized carbons (Fsp3) is 0.509. The van der Waals surface area contributed by atoms with Gasteiger partial charge >= 0.3 is 0 Å². The van der Waals surface area contributed by atoms with Crippen LogP contribution in [-0.2, 0) is 17.0 Å². The Morgan fingerprint density at radius 1 is 0.845 bits per heavy atom. The molecular formula is C57H75Cl3N6O5. The molecule has 2 amide bonds. The first kappa shape index (κ1) is 55.7. The maximum atomic E-state index is 13.3. The number of benzene rings is 2. The van der Waals surface area contributed by atoms with Gasteiger partial charge in [-0.15, -0.1) is 0 Å². The lowest BCUT2D eigenvalue weighted by Crippen LogP contribution is -2.41. The minimum atomic E-state index is -1.15. The number of carbonyl (C=O) groups excluding carboxylic acids is 2. The van der Waals surface area contributed by atoms with Crippen molar-refractivity contribution in [1.82, 2.24) is 30.5 Å². The van der Waals surface area contributed by atoms with E-state index in [9.17, 15) is 14.7 Å². The Bertz CT molecular complexity index is 2430. The summed E-state index contributed by atoms with van der Waals surface area (Å²) in [5.41, 5.74) is 2.68. The van der Waals surface area contributed by atoms with Crippen LogP contribution in [0.5, 0.6) is 5.75 Å². The number of nitrogens with zero attached hydrogens (tertiary/aromatic N) is 4. The Morgan fingerprint density at radius 3 is 2.08 bits per heavy atom. The number of hydrogen-bond acceptors (Lipinski definition) is 8. The molecule has 6 rings (SSSR count). The van der Waals surface area contributed by atoms with Gasteiger partial charge in [0.25, 0.3) is 5.91 Å². The maximum Gasteiger partial charge on any atom is 0.271 e. The molecule has 3 N–H and O–H groups in total. The number of amides is 2. The lowest BCUT2D eigenvalue weighted by molar-refractivity contribution is -0.121. The fourth-order valence-corrected chi connectivity index (χ4v) is 9.84. The van der Waals surface area contributed by atoms with Crippen molar-refractivity contribution in [1.29, 1.82) is 0 Å². The van der Waals surface area contributed by atoms with E-state index in [1.807, 2.05) is 43.8 Å². The van der Waals surface area contributed by atoms with Crippen LogP contribution in [0, 0.1) is 0 Å². The van der Waals surface area contributed by atoms with Crippen LogP contribution in [0.3, 0.4) is 0 Å². The molecule has 71 heavy (non-hydrogen) atoms. The van der Waals surface area contributed by atoms with Crippen LogP contribution in [-0.4, -0.2) is 70.0 Å². The summed E-state index contributed by atoms with van der Waals surface area (Å²) >= 11 is 19.9. The van der Waals surface area contributed by atoms with Crippen LogP contribution in [0.25, 0.3) is 11.3 Å². The summed E-state index contributed by atoms with van der Waals surface area (Å²) in [5.74, 6) is 1.36. The van der Waals surface area contributed by atoms with Crippen molar-refractivity contribution >= 4 is 46.6 Å². The van der Waals surface area contributed by atoms with Crippen LogP contribution < -0.4 is 15.4 Å². The van der Waals surface area contributed by atoms with E-state index in [1.54, 1.807) is 24.3 Å². The average Bonchev–Trinajstić information content (AvgIpc) is 3.94. The monoisotopic (exact) mass is 1030 g/mol. The first-order valence-corrected chi connectivity index (χ1v) is 27.0. The van der Waals surface area contributed by atoms with Crippen molar-refractivity contribution in [3.05, 3.63) is 134 Å². The SMILES string of the molecule is CC/C=C\CCCC/C=C\CCCC/C=C\C/C=C\CCC(=O)NCCN(C)CCNC(=O)c1cc(C2CC(O)(c3ccc(OCc4c(-c5c(Cl)cccc5Cl)noc4C4CC4)cc3Cl)C2)n(C(C)C)n1. The molecule has 0 atom stereocenters. The Balaban J connectivity index is 0.854. The number of likely N-dealkylation sites (N-methyl/N-ethyl adjacent to an activating group) is 1. The van der Waals surface area contributed by atoms with Crippen LogP contribution in [0.2, 0.25) is 15.1 Å². The van der Waals surface area contributed by atoms with Crippen LogP contribution >= 0.6 is 34.8 Å². The Labute approximate surface area is 437 Å². The van der Waals surface area contributed by atoms with Gasteiger partial charge in [-0.25, -0.2) is 0 Å². The minimum absolute atomic E-state index is 0.0102. The summed E-state index contributed by atoms with van der Waals surface area (Å²) in [4.78, 5) is 27.8. The van der Waals surface area contributed by atoms with Gasteiger partial charge in [0, 0.05) is 67.3 Å². The molecule has 11 nitrogen and oxygen atoms in total. The number of rotatable bonds is 31. The number of aromatic nitrogens is 3. The molecule has 0 spiro atoms. The summed E-state index contributed by atoms with van der Waals surface area (Å²) < 4.78 is 13.9. The minimum Gasteiger partial charge on any atom is -0.489 e. The molecule has 0 unspecified atom stereocenters. The number of aliphatic hydroxyl groups is 1. The summed E-state index contributed by atoms with van der Waals surface area (Å²) in [6.07, 6.45) is 33.7. The average molecular weight is 1030 g/mol. The lowest BCUT2D eigenvalue weighted by Gasteiger charge is -2.44. The molecule has 0 bridgehead atoms. The van der Waals surface area contributed by atoms with Crippen molar-refractivity contribution in [2.24, 2.45) is 0 Å². The van der Waals surface area contributed by atoms with Crippen LogP contribution in [0.1, 0.15) is 174 Å². The molecule has 2 aromatic carbocycles. The summed E-state index contributed by atoms with van der Waals surface area (Å²) in [5, 5.41) is 28.2. The zero-order valence-corrected chi connectivity index (χ0v) is 44.5. The number of nitrogens with one attached hydrogen (secondary N) is 2. The van der Waals surface area contributed by atoms with Crippen molar-refractivity contribution in [3.63, 3.8) is 0 Å². The smallest absolute Gasteiger partial charge is 0.271 e. The van der Waals surface area contributed by atoms with E-state index in [-0.39, 0.29) is 36.3 Å². The van der Waals surface area contributed by atoms with Gasteiger partial charge in [-0.3, -0.25) is 14.3 Å². The first-order chi connectivity index (χ1) is 34.4. The Morgan fingerprint density at radius 2 is 1.46 bits per heavy atom. The van der Waals surface area contributed by atoms with E-state index in [2.05, 4.69) is 81.3 Å². The second-order valence-corrected chi connectivity index (χ2v) is 20.6. The highest BCUT2D eigenvalue weighted by molar-refractivity contribution is 6.39. The molecule has 4 aromatic rings. The second kappa shape index (κ2) is 28.6. The van der Waals surface area contributed by atoms with Crippen LogP contribution in [0.15, 0.2) is 95.6 Å². The molecule has 0 saturated heterocycles. The van der Waals surface area contributed by atoms with Crippen LogP contribution in [0.4, 0.5) is 0 Å². The summed E-state index contributed by atoms with van der Waals surface area (Å²) in [6.45, 7) is 8.66. The predicted octanol–water partition coefficient (Wildman–Crippen LogP) is 14.0. The maximum absolute atomic E-state index is 13.3. The van der Waals surface area contributed by atoms with Crippen molar-refractivity contribution in [2.45, 2.75) is 154 Å². The highest BCUT2D eigenvalue weighted by atomic mass is 35.5. The van der Waals surface area contributed by atoms with E-state index < -0.39 is 5.60 Å². The molecule has 2 saturated carbocycles. The highest BCUT2D eigenvalue weighted by Gasteiger charge is 2.47. The molecule has 2 fully saturated rings. The van der Waals surface area contributed by atoms with E-state index in [4.69, 9.17) is 44.1 Å². The van der Waals surface area contributed by atoms with E-state index in [1.165, 1.54) is 44.9 Å². The van der Waals surface area contributed by atoms with E-state index >= 15 is 0 Å². The molecular weight excluding hydrogens is 955 g/mol. The molecule has 384 valence electrons. The predicted molar refractivity (Wildman–Crippen MR) is 289 cm³/mol. The van der Waals surface area contributed by atoms with E-state index in [0.717, 1.165) is 55.5 Å². The van der Waals surface area contributed by atoms with Crippen molar-refractivity contribution < 1.29 is 24.0 Å². The third-order valence-corrected chi connectivity index (χ3v) is 14.1. The standard InChI is InChI=1S/C57H75Cl3N6O5/c1-5-6-7-8-9-10-11-12-13-14-15-16-17-18-19-20-21-22-23-27-52(67)61-32-34-65(4)35-33-62-56(68)50-37-51(66(63-50)41(2)3)43-38-57(69,39-43)46-31-30-44(36-49(46)60)70-40-45-54(64-71-55(45)42-28-29-42)53-47(58)25-24-26-48(53)59/h6-7,12-13,18-19,21-22,24-26,30-31,36-37,41-43,69H,5,8-11,14-17,20,23,27-29,32-35,38-40H2,1-4H3,(H,61,67)(H,62,68)/b7-6-,13-12-,19-18-,22-21-. The number of allylic oxidation sites excluding steroid dienone is 8. The van der Waals surface area contributed by atoms with Gasteiger partial charge in [0.1, 0.15) is 29.5 Å². The highest BCUT2D eigenvalue weighted by Crippen LogP contribution is 2.53. The van der Waals surface area contributed by atoms with Crippen molar-refractivity contribution in [3.8, 4) is 17.0 Å². The molecule has 2 aromatic heterocycles. The third-order valence-electron chi connectivity index (χ3n) is 13.2. The van der Waals surface area contributed by atoms with Gasteiger partial charge in [0.15, 0.2) is 0 Å². The van der Waals surface area contributed by atoms with Gasteiger partial charge in [0.2, 0.25) is 5.91 Å². The molecule has 0 radical (unpaired) electrons. The number of carbonyl (C=O) groups is 2. The molecule has 2 aliphatic rings. The second-order valence-electron chi connectivity index (χ2n) is 19.4. The normalized spacial score (nSPS) is 17.2. The molecule has 14 heteroatoms. The lowest BCUT2D eigenvalue weighted by atomic mass is 9.66.